The van der Waals surface area contributed by atoms with Gasteiger partial charge in [-0.15, -0.1) is 0 Å². The number of rotatable bonds is 6. The lowest BCUT2D eigenvalue weighted by molar-refractivity contribution is 0.597. The molecule has 1 aromatic heterocycles. The second kappa shape index (κ2) is 6.55. The molecular formula is C14H18ClNO2S. The highest BCUT2D eigenvalue weighted by Crippen LogP contribution is 2.29. The lowest BCUT2D eigenvalue weighted by atomic mass is 10.2. The molecule has 1 N–H and O–H groups in total. The molecule has 0 aliphatic rings. The zero-order valence-electron chi connectivity index (χ0n) is 11.1. The van der Waals surface area contributed by atoms with E-state index < -0.39 is 10.8 Å². The molecule has 1 aromatic carbocycles. The lowest BCUT2D eigenvalue weighted by Gasteiger charge is -2.08. The molecule has 0 bridgehead atoms. The van der Waals surface area contributed by atoms with Crippen molar-refractivity contribution in [1.82, 2.24) is 5.32 Å². The average molecular weight is 300 g/mol. The minimum Gasteiger partial charge on any atom is -0.444 e. The van der Waals surface area contributed by atoms with Crippen LogP contribution < -0.4 is 5.32 Å². The number of halogens is 1. The molecule has 0 saturated heterocycles. The van der Waals surface area contributed by atoms with Crippen LogP contribution in [-0.4, -0.2) is 22.3 Å². The molecule has 2 atom stereocenters. The van der Waals surface area contributed by atoms with Gasteiger partial charge in [0, 0.05) is 39.8 Å². The van der Waals surface area contributed by atoms with Crippen molar-refractivity contribution in [3.63, 3.8) is 0 Å². The Morgan fingerprint density at radius 2 is 2.16 bits per heavy atom. The molecule has 2 rings (SSSR count). The van der Waals surface area contributed by atoms with Crippen molar-refractivity contribution < 1.29 is 8.63 Å². The smallest absolute Gasteiger partial charge is 0.199 e. The maximum Gasteiger partial charge on any atom is 0.199 e. The highest BCUT2D eigenvalue weighted by molar-refractivity contribution is 7.84. The lowest BCUT2D eigenvalue weighted by Crippen LogP contribution is -2.20. The summed E-state index contributed by atoms with van der Waals surface area (Å²) in [6.45, 7) is 3.48. The molecule has 0 fully saturated rings. The molecule has 0 aliphatic heterocycles. The van der Waals surface area contributed by atoms with E-state index in [0.29, 0.717) is 11.8 Å². The summed E-state index contributed by atoms with van der Waals surface area (Å²) in [6, 6.07) is 7.82. The van der Waals surface area contributed by atoms with Gasteiger partial charge in [-0.3, -0.25) is 4.21 Å². The van der Waals surface area contributed by atoms with E-state index in [9.17, 15) is 4.21 Å². The first-order valence-corrected chi connectivity index (χ1v) is 8.28. The molecule has 19 heavy (non-hydrogen) atoms. The maximum absolute atomic E-state index is 11.2. The second-order valence-electron chi connectivity index (χ2n) is 4.63. The number of fused-ring (bicyclic) bond motifs is 1. The van der Waals surface area contributed by atoms with Crippen molar-refractivity contribution in [2.45, 2.75) is 25.1 Å². The first kappa shape index (κ1) is 14.6. The number of hydrogen-bond donors (Lipinski definition) is 1. The maximum atomic E-state index is 11.2. The quantitative estimate of drug-likeness (QED) is 0.832. The van der Waals surface area contributed by atoms with Gasteiger partial charge in [-0.05, 0) is 30.6 Å². The fourth-order valence-corrected chi connectivity index (χ4v) is 2.62. The van der Waals surface area contributed by atoms with Gasteiger partial charge in [-0.2, -0.15) is 0 Å². The third kappa shape index (κ3) is 3.59. The van der Waals surface area contributed by atoms with Crippen LogP contribution >= 0.6 is 11.6 Å². The molecule has 2 unspecified atom stereocenters. The molecule has 1 heterocycles. The Labute approximate surface area is 120 Å². The van der Waals surface area contributed by atoms with E-state index in [2.05, 4.69) is 5.32 Å². The molecule has 0 saturated carbocycles. The van der Waals surface area contributed by atoms with E-state index in [-0.39, 0.29) is 5.25 Å². The summed E-state index contributed by atoms with van der Waals surface area (Å²) in [7, 11) is -0.762. The summed E-state index contributed by atoms with van der Waals surface area (Å²) in [5.41, 5.74) is 1.80. The highest BCUT2D eigenvalue weighted by Gasteiger charge is 2.11. The molecule has 2 aromatic rings. The Bertz CT molecular complexity index is 582. The minimum absolute atomic E-state index is 0.212. The number of benzene rings is 1. The summed E-state index contributed by atoms with van der Waals surface area (Å²) in [6.07, 6.45) is 2.63. The standard InChI is InChI=1S/C14H18ClNO2S/c1-10(19(2)17)7-8-16-9-12-11-5-3-4-6-13(11)18-14(12)15/h3-6,10,16H,7-9H2,1-2H3. The van der Waals surface area contributed by atoms with E-state index in [1.165, 1.54) is 0 Å². The summed E-state index contributed by atoms with van der Waals surface area (Å²) >= 11 is 6.10. The predicted molar refractivity (Wildman–Crippen MR) is 81.1 cm³/mol. The van der Waals surface area contributed by atoms with Crippen molar-refractivity contribution in [3.05, 3.63) is 35.0 Å². The summed E-state index contributed by atoms with van der Waals surface area (Å²) in [5.74, 6) is 0. The molecule has 3 nitrogen and oxygen atoms in total. The van der Waals surface area contributed by atoms with Gasteiger partial charge in [0.1, 0.15) is 5.58 Å². The molecule has 0 aliphatic carbocycles. The van der Waals surface area contributed by atoms with Crippen LogP contribution in [0.4, 0.5) is 0 Å². The Balaban J connectivity index is 1.95. The normalized spacial score (nSPS) is 14.7. The number of furan rings is 1. The third-order valence-electron chi connectivity index (χ3n) is 3.25. The monoisotopic (exact) mass is 299 g/mol. The third-order valence-corrected chi connectivity index (χ3v) is 4.92. The molecule has 0 amide bonds. The van der Waals surface area contributed by atoms with Crippen LogP contribution in [0, 0.1) is 0 Å². The van der Waals surface area contributed by atoms with Gasteiger partial charge in [-0.1, -0.05) is 25.1 Å². The Kier molecular flexibility index (Phi) is 5.02. The fraction of sp³-hybridized carbons (Fsp3) is 0.429. The fourth-order valence-electron chi connectivity index (χ4n) is 1.92. The highest BCUT2D eigenvalue weighted by atomic mass is 35.5. The number of hydrogen-bond acceptors (Lipinski definition) is 3. The van der Waals surface area contributed by atoms with Crippen LogP contribution in [0.1, 0.15) is 18.9 Å². The van der Waals surface area contributed by atoms with Gasteiger partial charge in [0.2, 0.25) is 0 Å². The average Bonchev–Trinajstić information content (AvgIpc) is 2.70. The minimum atomic E-state index is -0.762. The van der Waals surface area contributed by atoms with Gasteiger partial charge < -0.3 is 9.73 Å². The second-order valence-corrected chi connectivity index (χ2v) is 6.77. The van der Waals surface area contributed by atoms with Crippen molar-refractivity contribution in [1.29, 1.82) is 0 Å². The van der Waals surface area contributed by atoms with Gasteiger partial charge in [0.05, 0.1) is 0 Å². The zero-order valence-corrected chi connectivity index (χ0v) is 12.7. The van der Waals surface area contributed by atoms with Crippen LogP contribution in [0.2, 0.25) is 5.22 Å². The van der Waals surface area contributed by atoms with Gasteiger partial charge in [0.15, 0.2) is 5.22 Å². The van der Waals surface area contributed by atoms with Crippen LogP contribution in [0.15, 0.2) is 28.7 Å². The molecular weight excluding hydrogens is 282 g/mol. The van der Waals surface area contributed by atoms with Crippen LogP contribution in [-0.2, 0) is 17.3 Å². The van der Waals surface area contributed by atoms with Crippen molar-refractivity contribution in [2.75, 3.05) is 12.8 Å². The summed E-state index contributed by atoms with van der Waals surface area (Å²) in [5, 5.41) is 5.03. The van der Waals surface area contributed by atoms with Gasteiger partial charge in [0.25, 0.3) is 0 Å². The van der Waals surface area contributed by atoms with Crippen LogP contribution in [0.3, 0.4) is 0 Å². The first-order chi connectivity index (χ1) is 9.09. The molecule has 0 radical (unpaired) electrons. The Morgan fingerprint density at radius 3 is 2.89 bits per heavy atom. The molecule has 5 heteroatoms. The topological polar surface area (TPSA) is 42.2 Å². The largest absolute Gasteiger partial charge is 0.444 e. The Hall–Kier alpha value is -0.840. The molecule has 0 spiro atoms. The first-order valence-electron chi connectivity index (χ1n) is 6.28. The van der Waals surface area contributed by atoms with Crippen molar-refractivity contribution in [2.24, 2.45) is 0 Å². The number of nitrogens with one attached hydrogen (secondary N) is 1. The SMILES string of the molecule is CC(CCNCc1c(Cl)oc2ccccc12)S(C)=O. The summed E-state index contributed by atoms with van der Waals surface area (Å²) < 4.78 is 16.7. The van der Waals surface area contributed by atoms with Gasteiger partial charge in [-0.25, -0.2) is 0 Å². The number of para-hydroxylation sites is 1. The van der Waals surface area contributed by atoms with E-state index in [1.54, 1.807) is 6.26 Å². The van der Waals surface area contributed by atoms with Crippen molar-refractivity contribution >= 4 is 33.4 Å². The van der Waals surface area contributed by atoms with E-state index in [4.69, 9.17) is 16.0 Å². The van der Waals surface area contributed by atoms with E-state index in [1.807, 2.05) is 31.2 Å². The van der Waals surface area contributed by atoms with E-state index in [0.717, 1.165) is 29.5 Å². The van der Waals surface area contributed by atoms with E-state index >= 15 is 0 Å². The molecule has 104 valence electrons. The zero-order chi connectivity index (χ0) is 13.8. The van der Waals surface area contributed by atoms with Crippen LogP contribution in [0.25, 0.3) is 11.0 Å². The Morgan fingerprint density at radius 1 is 1.42 bits per heavy atom. The predicted octanol–water partition coefficient (Wildman–Crippen LogP) is 3.33. The van der Waals surface area contributed by atoms with Crippen molar-refractivity contribution in [3.8, 4) is 0 Å². The van der Waals surface area contributed by atoms with Crippen LogP contribution in [0.5, 0.6) is 0 Å². The van der Waals surface area contributed by atoms with Gasteiger partial charge >= 0.3 is 0 Å². The summed E-state index contributed by atoms with van der Waals surface area (Å²) in [4.78, 5) is 0.